The van der Waals surface area contributed by atoms with Crippen LogP contribution in [0.2, 0.25) is 0 Å². The van der Waals surface area contributed by atoms with Crippen molar-refractivity contribution in [3.63, 3.8) is 0 Å². The maximum atomic E-state index is 4.46. The maximum Gasteiger partial charge on any atom is 0.191 e. The Hall–Kier alpha value is -2.42. The van der Waals surface area contributed by atoms with Gasteiger partial charge in [0.2, 0.25) is 0 Å². The average Bonchev–Trinajstić information content (AvgIpc) is 3.21. The number of nitrogens with one attached hydrogen (secondary N) is 2. The second-order valence-electron chi connectivity index (χ2n) is 5.70. The number of guanidine groups is 1. The Morgan fingerprint density at radius 1 is 1.19 bits per heavy atom. The van der Waals surface area contributed by atoms with Gasteiger partial charge in [0.1, 0.15) is 12.1 Å². The molecule has 1 unspecified atom stereocenters. The lowest BCUT2D eigenvalue weighted by Gasteiger charge is -2.18. The standard InChI is InChI=1S/C19H22N6.HI/c1-15(17-6-4-3-5-7-17)24-19(20-2)23-13-16-8-9-18(22-12-16)25-11-10-21-14-25;/h3-12,14-15H,13H2,1-2H3,(H2,20,23,24);1H. The molecule has 0 aliphatic carbocycles. The summed E-state index contributed by atoms with van der Waals surface area (Å²) in [6.45, 7) is 2.77. The number of pyridine rings is 1. The second-order valence-corrected chi connectivity index (χ2v) is 5.70. The number of aliphatic imine (C=N–C) groups is 1. The largest absolute Gasteiger partial charge is 0.352 e. The molecule has 0 amide bonds. The number of imidazole rings is 1. The molecule has 0 saturated carbocycles. The number of hydrogen-bond donors (Lipinski definition) is 2. The number of rotatable bonds is 5. The molecule has 0 aliphatic rings. The maximum absolute atomic E-state index is 4.46. The molecule has 3 aromatic rings. The molecule has 6 nitrogen and oxygen atoms in total. The van der Waals surface area contributed by atoms with Crippen molar-refractivity contribution in [3.8, 4) is 5.82 Å². The number of benzene rings is 1. The number of nitrogens with zero attached hydrogens (tertiary/aromatic N) is 4. The van der Waals surface area contributed by atoms with E-state index in [1.807, 2.05) is 47.3 Å². The Morgan fingerprint density at radius 2 is 2.00 bits per heavy atom. The van der Waals surface area contributed by atoms with Crippen LogP contribution in [-0.4, -0.2) is 27.5 Å². The van der Waals surface area contributed by atoms with Gasteiger partial charge in [0, 0.05) is 32.2 Å². The fourth-order valence-corrected chi connectivity index (χ4v) is 2.48. The minimum Gasteiger partial charge on any atom is -0.352 e. The first-order valence-corrected chi connectivity index (χ1v) is 8.21. The van der Waals surface area contributed by atoms with Crippen molar-refractivity contribution in [2.45, 2.75) is 19.5 Å². The molecule has 2 heterocycles. The monoisotopic (exact) mass is 462 g/mol. The average molecular weight is 462 g/mol. The van der Waals surface area contributed by atoms with Crippen molar-refractivity contribution in [1.82, 2.24) is 25.2 Å². The second kappa shape index (κ2) is 9.91. The van der Waals surface area contributed by atoms with Gasteiger partial charge in [-0.2, -0.15) is 0 Å². The van der Waals surface area contributed by atoms with Gasteiger partial charge in [-0.05, 0) is 24.1 Å². The lowest BCUT2D eigenvalue weighted by molar-refractivity contribution is 0.685. The van der Waals surface area contributed by atoms with Crippen molar-refractivity contribution >= 4 is 29.9 Å². The van der Waals surface area contributed by atoms with E-state index in [4.69, 9.17) is 0 Å². The van der Waals surface area contributed by atoms with Crippen LogP contribution in [0.4, 0.5) is 0 Å². The number of hydrogen-bond acceptors (Lipinski definition) is 3. The molecule has 0 saturated heterocycles. The van der Waals surface area contributed by atoms with Gasteiger partial charge in [0.05, 0.1) is 6.04 Å². The Balaban J connectivity index is 0.00000243. The normalized spacial score (nSPS) is 12.2. The van der Waals surface area contributed by atoms with Crippen LogP contribution in [0.25, 0.3) is 5.82 Å². The highest BCUT2D eigenvalue weighted by atomic mass is 127. The van der Waals surface area contributed by atoms with Crippen LogP contribution in [0.5, 0.6) is 0 Å². The van der Waals surface area contributed by atoms with Gasteiger partial charge in [-0.25, -0.2) is 9.97 Å². The first-order chi connectivity index (χ1) is 12.3. The van der Waals surface area contributed by atoms with E-state index in [2.05, 4.69) is 44.7 Å². The predicted octanol–water partition coefficient (Wildman–Crippen LogP) is 3.31. The zero-order valence-corrected chi connectivity index (χ0v) is 17.2. The Labute approximate surface area is 170 Å². The molecule has 7 heteroatoms. The summed E-state index contributed by atoms with van der Waals surface area (Å²) in [4.78, 5) is 12.8. The molecule has 1 atom stereocenters. The van der Waals surface area contributed by atoms with E-state index in [9.17, 15) is 0 Å². The van der Waals surface area contributed by atoms with E-state index in [0.717, 1.165) is 17.3 Å². The minimum atomic E-state index is 0. The highest BCUT2D eigenvalue weighted by Crippen LogP contribution is 2.11. The summed E-state index contributed by atoms with van der Waals surface area (Å²) < 4.78 is 1.87. The van der Waals surface area contributed by atoms with Gasteiger partial charge in [0.25, 0.3) is 0 Å². The molecular weight excluding hydrogens is 439 g/mol. The fraction of sp³-hybridized carbons (Fsp3) is 0.211. The molecule has 0 bridgehead atoms. The van der Waals surface area contributed by atoms with Crippen LogP contribution in [0, 0.1) is 0 Å². The van der Waals surface area contributed by atoms with Crippen LogP contribution >= 0.6 is 24.0 Å². The third-order valence-corrected chi connectivity index (χ3v) is 3.91. The first kappa shape index (κ1) is 19.9. The van der Waals surface area contributed by atoms with Gasteiger partial charge in [-0.1, -0.05) is 36.4 Å². The summed E-state index contributed by atoms with van der Waals surface area (Å²) in [5.74, 6) is 1.61. The summed E-state index contributed by atoms with van der Waals surface area (Å²) in [7, 11) is 1.77. The van der Waals surface area contributed by atoms with Gasteiger partial charge in [-0.3, -0.25) is 9.56 Å². The van der Waals surface area contributed by atoms with Crippen LogP contribution < -0.4 is 10.6 Å². The molecule has 0 spiro atoms. The smallest absolute Gasteiger partial charge is 0.191 e. The van der Waals surface area contributed by atoms with Gasteiger partial charge >= 0.3 is 0 Å². The van der Waals surface area contributed by atoms with E-state index in [0.29, 0.717) is 6.54 Å². The molecule has 2 N–H and O–H groups in total. The molecule has 1 aromatic carbocycles. The zero-order chi connectivity index (χ0) is 17.5. The molecular formula is C19H23IN6. The minimum absolute atomic E-state index is 0. The van der Waals surface area contributed by atoms with Crippen LogP contribution in [0.15, 0.2) is 72.4 Å². The lowest BCUT2D eigenvalue weighted by atomic mass is 10.1. The topological polar surface area (TPSA) is 67.1 Å². The Kier molecular flexibility index (Phi) is 7.58. The van der Waals surface area contributed by atoms with Crippen LogP contribution in [0.1, 0.15) is 24.1 Å². The number of aromatic nitrogens is 3. The predicted molar refractivity (Wildman–Crippen MR) is 115 cm³/mol. The number of halogens is 1. The van der Waals surface area contributed by atoms with E-state index in [1.165, 1.54) is 5.56 Å². The quantitative estimate of drug-likeness (QED) is 0.347. The Bertz CT molecular complexity index is 800. The highest BCUT2D eigenvalue weighted by Gasteiger charge is 2.07. The van der Waals surface area contributed by atoms with Crippen molar-refractivity contribution in [2.24, 2.45) is 4.99 Å². The summed E-state index contributed by atoms with van der Waals surface area (Å²) in [5, 5.41) is 6.71. The van der Waals surface area contributed by atoms with Crippen LogP contribution in [0.3, 0.4) is 0 Å². The van der Waals surface area contributed by atoms with E-state index >= 15 is 0 Å². The highest BCUT2D eigenvalue weighted by molar-refractivity contribution is 14.0. The van der Waals surface area contributed by atoms with Crippen molar-refractivity contribution in [2.75, 3.05) is 7.05 Å². The molecule has 2 aromatic heterocycles. The summed E-state index contributed by atoms with van der Waals surface area (Å²) in [6.07, 6.45) is 7.20. The first-order valence-electron chi connectivity index (χ1n) is 8.21. The van der Waals surface area contributed by atoms with Gasteiger partial charge < -0.3 is 10.6 Å². The van der Waals surface area contributed by atoms with Crippen molar-refractivity contribution in [3.05, 3.63) is 78.5 Å². The van der Waals surface area contributed by atoms with E-state index in [-0.39, 0.29) is 30.0 Å². The molecule has 26 heavy (non-hydrogen) atoms. The molecule has 0 aliphatic heterocycles. The summed E-state index contributed by atoms with van der Waals surface area (Å²) in [5.41, 5.74) is 2.30. The van der Waals surface area contributed by atoms with Gasteiger partial charge in [-0.15, -0.1) is 24.0 Å². The third-order valence-electron chi connectivity index (χ3n) is 3.91. The molecule has 0 fully saturated rings. The SMILES string of the molecule is CN=C(NCc1ccc(-n2ccnc2)nc1)NC(C)c1ccccc1.I. The van der Waals surface area contributed by atoms with E-state index in [1.54, 1.807) is 19.6 Å². The van der Waals surface area contributed by atoms with E-state index < -0.39 is 0 Å². The van der Waals surface area contributed by atoms with Crippen molar-refractivity contribution in [1.29, 1.82) is 0 Å². The zero-order valence-electron chi connectivity index (χ0n) is 14.8. The van der Waals surface area contributed by atoms with Crippen LogP contribution in [-0.2, 0) is 6.54 Å². The summed E-state index contributed by atoms with van der Waals surface area (Å²) >= 11 is 0. The Morgan fingerprint density at radius 3 is 2.62 bits per heavy atom. The molecule has 3 rings (SSSR count). The summed E-state index contributed by atoms with van der Waals surface area (Å²) in [6, 6.07) is 14.5. The van der Waals surface area contributed by atoms with Gasteiger partial charge in [0.15, 0.2) is 5.96 Å². The lowest BCUT2D eigenvalue weighted by Crippen LogP contribution is -2.38. The molecule has 136 valence electrons. The molecule has 0 radical (unpaired) electrons. The van der Waals surface area contributed by atoms with Crippen molar-refractivity contribution < 1.29 is 0 Å². The third kappa shape index (κ3) is 5.29. The fourth-order valence-electron chi connectivity index (χ4n) is 2.48.